The fourth-order valence-electron chi connectivity index (χ4n) is 2.17. The van der Waals surface area contributed by atoms with E-state index in [1.54, 1.807) is 0 Å². The van der Waals surface area contributed by atoms with Crippen LogP contribution in [0.5, 0.6) is 0 Å². The van der Waals surface area contributed by atoms with Gasteiger partial charge < -0.3 is 10.2 Å². The van der Waals surface area contributed by atoms with Crippen molar-refractivity contribution in [2.75, 3.05) is 13.2 Å². The van der Waals surface area contributed by atoms with Crippen molar-refractivity contribution in [3.05, 3.63) is 46.6 Å². The van der Waals surface area contributed by atoms with Crippen LogP contribution < -0.4 is 0 Å². The first-order valence-corrected chi connectivity index (χ1v) is 8.33. The SMILES string of the molecule is C/C(=C\CC/C(C)=C/CC/C(C)=C/CC/C(C)=C/CO)CO. The molecule has 0 aliphatic rings. The Morgan fingerprint density at radius 2 is 0.955 bits per heavy atom. The molecule has 0 radical (unpaired) electrons. The second kappa shape index (κ2) is 13.5. The monoisotopic (exact) mass is 306 g/mol. The number of allylic oxidation sites excluding steroid dienone is 6. The van der Waals surface area contributed by atoms with E-state index in [0.29, 0.717) is 0 Å². The summed E-state index contributed by atoms with van der Waals surface area (Å²) in [7, 11) is 0. The van der Waals surface area contributed by atoms with E-state index < -0.39 is 0 Å². The van der Waals surface area contributed by atoms with Crippen molar-refractivity contribution in [1.29, 1.82) is 0 Å². The third-order valence-electron chi connectivity index (χ3n) is 3.78. The molecular formula is C20H34O2. The molecule has 0 aromatic carbocycles. The maximum atomic E-state index is 8.93. The van der Waals surface area contributed by atoms with Crippen LogP contribution in [0, 0.1) is 0 Å². The standard InChI is InChI=1S/C20H34O2/c1-17(10-6-12-19(3)14-15-21)8-5-9-18(2)11-7-13-20(4)16-22/h9-10,13-14,21-22H,5-8,11-12,15-16H2,1-4H3/b17-10+,18-9+,19-14+,20-13+. The van der Waals surface area contributed by atoms with Gasteiger partial charge in [0, 0.05) is 0 Å². The predicted molar refractivity (Wildman–Crippen MR) is 96.9 cm³/mol. The van der Waals surface area contributed by atoms with Gasteiger partial charge in [0.1, 0.15) is 0 Å². The first kappa shape index (κ1) is 20.9. The summed E-state index contributed by atoms with van der Waals surface area (Å²) in [6, 6.07) is 0. The lowest BCUT2D eigenvalue weighted by atomic mass is 10.0. The summed E-state index contributed by atoms with van der Waals surface area (Å²) in [6.45, 7) is 8.72. The summed E-state index contributed by atoms with van der Waals surface area (Å²) < 4.78 is 0. The highest BCUT2D eigenvalue weighted by Crippen LogP contribution is 2.13. The molecule has 0 amide bonds. The molecule has 2 nitrogen and oxygen atoms in total. The van der Waals surface area contributed by atoms with Gasteiger partial charge in [-0.3, -0.25) is 0 Å². The molecule has 0 aliphatic carbocycles. The van der Waals surface area contributed by atoms with Crippen LogP contribution in [0.1, 0.15) is 66.2 Å². The molecule has 0 rings (SSSR count). The summed E-state index contributed by atoms with van der Waals surface area (Å²) >= 11 is 0. The second-order valence-corrected chi connectivity index (χ2v) is 6.16. The zero-order valence-corrected chi connectivity index (χ0v) is 14.9. The molecule has 2 heteroatoms. The molecule has 0 atom stereocenters. The molecule has 0 aliphatic heterocycles. The number of rotatable bonds is 11. The minimum Gasteiger partial charge on any atom is -0.392 e. The minimum atomic E-state index is 0.144. The van der Waals surface area contributed by atoms with E-state index in [4.69, 9.17) is 10.2 Å². The van der Waals surface area contributed by atoms with Crippen molar-refractivity contribution in [2.24, 2.45) is 0 Å². The molecule has 0 fully saturated rings. The Bertz CT molecular complexity index is 411. The minimum absolute atomic E-state index is 0.144. The Labute approximate surface area is 137 Å². The topological polar surface area (TPSA) is 40.5 Å². The van der Waals surface area contributed by atoms with Crippen molar-refractivity contribution in [3.8, 4) is 0 Å². The second-order valence-electron chi connectivity index (χ2n) is 6.16. The molecular weight excluding hydrogens is 272 g/mol. The van der Waals surface area contributed by atoms with E-state index in [-0.39, 0.29) is 13.2 Å². The fraction of sp³-hybridized carbons (Fsp3) is 0.600. The third kappa shape index (κ3) is 12.6. The molecule has 2 N–H and O–H groups in total. The summed E-state index contributed by atoms with van der Waals surface area (Å²) in [5.41, 5.74) is 5.18. The number of aliphatic hydroxyl groups is 2. The molecule has 0 saturated carbocycles. The highest BCUT2D eigenvalue weighted by molar-refractivity contribution is 5.07. The van der Waals surface area contributed by atoms with Gasteiger partial charge in [0.15, 0.2) is 0 Å². The maximum absolute atomic E-state index is 8.93. The van der Waals surface area contributed by atoms with E-state index in [1.165, 1.54) is 16.7 Å². The van der Waals surface area contributed by atoms with Gasteiger partial charge in [-0.2, -0.15) is 0 Å². The van der Waals surface area contributed by atoms with Gasteiger partial charge >= 0.3 is 0 Å². The molecule has 0 aromatic heterocycles. The normalized spacial score (nSPS) is 14.6. The molecule has 0 saturated heterocycles. The van der Waals surface area contributed by atoms with E-state index in [9.17, 15) is 0 Å². The zero-order valence-electron chi connectivity index (χ0n) is 14.9. The lowest BCUT2D eigenvalue weighted by Gasteiger charge is -2.02. The van der Waals surface area contributed by atoms with E-state index in [0.717, 1.165) is 44.1 Å². The average molecular weight is 306 g/mol. The van der Waals surface area contributed by atoms with Crippen molar-refractivity contribution in [1.82, 2.24) is 0 Å². The number of hydrogen-bond donors (Lipinski definition) is 2. The van der Waals surface area contributed by atoms with Gasteiger partial charge in [-0.15, -0.1) is 0 Å². The molecule has 0 spiro atoms. The number of hydrogen-bond acceptors (Lipinski definition) is 2. The van der Waals surface area contributed by atoms with Crippen LogP contribution in [-0.4, -0.2) is 23.4 Å². The van der Waals surface area contributed by atoms with Crippen molar-refractivity contribution in [3.63, 3.8) is 0 Å². The van der Waals surface area contributed by atoms with Crippen LogP contribution in [0.4, 0.5) is 0 Å². The number of aliphatic hydroxyl groups excluding tert-OH is 2. The summed E-state index contributed by atoms with van der Waals surface area (Å²) in [4.78, 5) is 0. The summed E-state index contributed by atoms with van der Waals surface area (Å²) in [6.07, 6.45) is 15.0. The van der Waals surface area contributed by atoms with Crippen molar-refractivity contribution < 1.29 is 10.2 Å². The quantitative estimate of drug-likeness (QED) is 0.522. The van der Waals surface area contributed by atoms with Gasteiger partial charge in [-0.25, -0.2) is 0 Å². The molecule has 0 heterocycles. The Hall–Kier alpha value is -1.12. The first-order valence-electron chi connectivity index (χ1n) is 8.33. The van der Waals surface area contributed by atoms with E-state index >= 15 is 0 Å². The van der Waals surface area contributed by atoms with Crippen LogP contribution in [0.3, 0.4) is 0 Å². The van der Waals surface area contributed by atoms with Gasteiger partial charge in [0.2, 0.25) is 0 Å². The Morgan fingerprint density at radius 1 is 0.591 bits per heavy atom. The van der Waals surface area contributed by atoms with Gasteiger partial charge in [-0.05, 0) is 66.2 Å². The smallest absolute Gasteiger partial charge is 0.0639 e. The van der Waals surface area contributed by atoms with Gasteiger partial charge in [0.05, 0.1) is 13.2 Å². The third-order valence-corrected chi connectivity index (χ3v) is 3.78. The molecule has 126 valence electrons. The molecule has 22 heavy (non-hydrogen) atoms. The van der Waals surface area contributed by atoms with Crippen LogP contribution in [0.25, 0.3) is 0 Å². The van der Waals surface area contributed by atoms with Crippen LogP contribution in [0.2, 0.25) is 0 Å². The Morgan fingerprint density at radius 3 is 1.32 bits per heavy atom. The lowest BCUT2D eigenvalue weighted by molar-refractivity contribution is 0.331. The first-order chi connectivity index (χ1) is 10.5. The summed E-state index contributed by atoms with van der Waals surface area (Å²) in [5.74, 6) is 0. The fourth-order valence-corrected chi connectivity index (χ4v) is 2.17. The predicted octanol–water partition coefficient (Wildman–Crippen LogP) is 5.10. The summed E-state index contributed by atoms with van der Waals surface area (Å²) in [5, 5.41) is 17.7. The highest BCUT2D eigenvalue weighted by atomic mass is 16.3. The molecule has 0 bridgehead atoms. The Kier molecular flexibility index (Phi) is 12.8. The van der Waals surface area contributed by atoms with Crippen LogP contribution >= 0.6 is 0 Å². The van der Waals surface area contributed by atoms with Crippen LogP contribution in [0.15, 0.2) is 46.6 Å². The van der Waals surface area contributed by atoms with Crippen molar-refractivity contribution in [2.45, 2.75) is 66.2 Å². The molecule has 0 unspecified atom stereocenters. The highest BCUT2D eigenvalue weighted by Gasteiger charge is 1.93. The van der Waals surface area contributed by atoms with E-state index in [1.807, 2.05) is 13.0 Å². The average Bonchev–Trinajstić information content (AvgIpc) is 2.47. The van der Waals surface area contributed by atoms with Crippen molar-refractivity contribution >= 4 is 0 Å². The molecule has 0 aromatic rings. The largest absolute Gasteiger partial charge is 0.392 e. The van der Waals surface area contributed by atoms with Gasteiger partial charge in [0.25, 0.3) is 0 Å². The Balaban J connectivity index is 3.96. The zero-order chi connectivity index (χ0) is 16.8. The van der Waals surface area contributed by atoms with Crippen LogP contribution in [-0.2, 0) is 0 Å². The maximum Gasteiger partial charge on any atom is 0.0639 e. The van der Waals surface area contributed by atoms with E-state index in [2.05, 4.69) is 39.0 Å². The lowest BCUT2D eigenvalue weighted by Crippen LogP contribution is -1.85. The van der Waals surface area contributed by atoms with Gasteiger partial charge in [-0.1, -0.05) is 46.6 Å².